The third kappa shape index (κ3) is 3.92. The molecule has 31 heavy (non-hydrogen) atoms. The predicted molar refractivity (Wildman–Crippen MR) is 123 cm³/mol. The Balaban J connectivity index is 1.26. The molecule has 0 aliphatic carbocycles. The first-order valence-corrected chi connectivity index (χ1v) is 11.1. The van der Waals surface area contributed by atoms with Crippen molar-refractivity contribution in [3.05, 3.63) is 71.1 Å². The van der Waals surface area contributed by atoms with Crippen LogP contribution in [-0.4, -0.2) is 21.8 Å². The van der Waals surface area contributed by atoms with Crippen molar-refractivity contribution >= 4 is 65.7 Å². The van der Waals surface area contributed by atoms with Gasteiger partial charge in [-0.05, 0) is 24.4 Å². The van der Waals surface area contributed by atoms with E-state index in [9.17, 15) is 9.59 Å². The number of benzene rings is 2. The van der Waals surface area contributed by atoms with Gasteiger partial charge in [-0.1, -0.05) is 41.7 Å². The summed E-state index contributed by atoms with van der Waals surface area (Å²) in [4.78, 5) is 33.7. The summed E-state index contributed by atoms with van der Waals surface area (Å²) in [5.74, 6) is 0.0350. The van der Waals surface area contributed by atoms with Crippen LogP contribution < -0.4 is 10.6 Å². The third-order valence-electron chi connectivity index (χ3n) is 4.75. The quantitative estimate of drug-likeness (QED) is 0.383. The number of amides is 2. The average molecular weight is 449 g/mol. The minimum absolute atomic E-state index is 0.0911. The standard InChI is InChI=1S/C22H16N4O3S2/c1-12-15(8-9-29-12)20(28)26-21-23-14(11-30-21)10-18(27)24-22-25-19-16-5-3-2-4-13(16)6-7-17(19)31-22/h2-9,11H,10H2,1H3,(H,23,26,28)(H,24,25,27). The van der Waals surface area contributed by atoms with Gasteiger partial charge in [0.15, 0.2) is 10.3 Å². The Morgan fingerprint density at radius 1 is 1.03 bits per heavy atom. The number of aryl methyl sites for hydroxylation is 1. The Morgan fingerprint density at radius 3 is 2.74 bits per heavy atom. The van der Waals surface area contributed by atoms with Crippen LogP contribution in [0.15, 0.2) is 58.5 Å². The van der Waals surface area contributed by atoms with Crippen LogP contribution in [0.4, 0.5) is 10.3 Å². The fraction of sp³-hybridized carbons (Fsp3) is 0.0909. The minimum atomic E-state index is -0.293. The molecule has 0 aliphatic rings. The number of carbonyl (C=O) groups is 2. The van der Waals surface area contributed by atoms with Gasteiger partial charge in [0.1, 0.15) is 5.76 Å². The number of rotatable bonds is 5. The SMILES string of the molecule is Cc1occc1C(=O)Nc1nc(CC(=O)Nc2nc3c(ccc4ccccc43)s2)cs1. The summed E-state index contributed by atoms with van der Waals surface area (Å²) < 4.78 is 6.16. The molecule has 0 atom stereocenters. The van der Waals surface area contributed by atoms with Crippen molar-refractivity contribution in [1.82, 2.24) is 9.97 Å². The predicted octanol–water partition coefficient (Wildman–Crippen LogP) is 5.24. The molecule has 2 amide bonds. The number of nitrogens with zero attached hydrogens (tertiary/aromatic N) is 2. The maximum Gasteiger partial charge on any atom is 0.260 e. The lowest BCUT2D eigenvalue weighted by molar-refractivity contribution is -0.115. The molecule has 0 radical (unpaired) electrons. The fourth-order valence-electron chi connectivity index (χ4n) is 3.27. The second-order valence-corrected chi connectivity index (χ2v) is 8.75. The van der Waals surface area contributed by atoms with E-state index in [1.807, 2.05) is 30.3 Å². The number of anilines is 2. The van der Waals surface area contributed by atoms with Crippen molar-refractivity contribution in [2.75, 3.05) is 10.6 Å². The van der Waals surface area contributed by atoms with Gasteiger partial charge < -0.3 is 9.73 Å². The lowest BCUT2D eigenvalue weighted by Crippen LogP contribution is -2.15. The zero-order chi connectivity index (χ0) is 21.4. The fourth-order valence-corrected chi connectivity index (χ4v) is 4.88. The molecule has 2 N–H and O–H groups in total. The first-order valence-electron chi connectivity index (χ1n) is 9.45. The summed E-state index contributed by atoms with van der Waals surface area (Å²) in [7, 11) is 0. The largest absolute Gasteiger partial charge is 0.469 e. The molecule has 0 saturated heterocycles. The van der Waals surface area contributed by atoms with Crippen LogP contribution in [-0.2, 0) is 11.2 Å². The van der Waals surface area contributed by atoms with Crippen molar-refractivity contribution in [3.8, 4) is 0 Å². The van der Waals surface area contributed by atoms with Gasteiger partial charge in [0, 0.05) is 10.8 Å². The first kappa shape index (κ1) is 19.4. The molecule has 3 heterocycles. The third-order valence-corrected chi connectivity index (χ3v) is 6.49. The van der Waals surface area contributed by atoms with Crippen molar-refractivity contribution in [3.63, 3.8) is 0 Å². The normalized spacial score (nSPS) is 11.1. The first-order chi connectivity index (χ1) is 15.1. The highest BCUT2D eigenvalue weighted by Crippen LogP contribution is 2.31. The maximum absolute atomic E-state index is 12.5. The van der Waals surface area contributed by atoms with Crippen molar-refractivity contribution < 1.29 is 14.0 Å². The number of nitrogens with one attached hydrogen (secondary N) is 2. The Kier molecular flexibility index (Phi) is 4.97. The summed E-state index contributed by atoms with van der Waals surface area (Å²) in [6.45, 7) is 1.72. The van der Waals surface area contributed by atoms with Gasteiger partial charge in [-0.2, -0.15) is 0 Å². The second kappa shape index (κ2) is 7.93. The molecule has 3 aromatic heterocycles. The Morgan fingerprint density at radius 2 is 1.90 bits per heavy atom. The van der Waals surface area contributed by atoms with Gasteiger partial charge in [0.2, 0.25) is 5.91 Å². The van der Waals surface area contributed by atoms with Crippen LogP contribution in [0.2, 0.25) is 0 Å². The molecule has 2 aromatic carbocycles. The van der Waals surface area contributed by atoms with E-state index in [2.05, 4.69) is 26.7 Å². The molecule has 5 aromatic rings. The molecule has 9 heteroatoms. The molecule has 5 rings (SSSR count). The summed E-state index contributed by atoms with van der Waals surface area (Å²) >= 11 is 2.71. The van der Waals surface area contributed by atoms with E-state index in [0.717, 1.165) is 21.0 Å². The van der Waals surface area contributed by atoms with E-state index in [1.165, 1.54) is 28.9 Å². The average Bonchev–Trinajstić information content (AvgIpc) is 3.47. The number of aromatic nitrogens is 2. The lowest BCUT2D eigenvalue weighted by atomic mass is 10.1. The lowest BCUT2D eigenvalue weighted by Gasteiger charge is -2.00. The Labute approximate surface area is 184 Å². The number of hydrogen-bond acceptors (Lipinski definition) is 7. The molecular weight excluding hydrogens is 432 g/mol. The monoisotopic (exact) mass is 448 g/mol. The van der Waals surface area contributed by atoms with Gasteiger partial charge in [0.25, 0.3) is 5.91 Å². The number of fused-ring (bicyclic) bond motifs is 3. The molecule has 0 fully saturated rings. The van der Waals surface area contributed by atoms with Crippen molar-refractivity contribution in [2.45, 2.75) is 13.3 Å². The van der Waals surface area contributed by atoms with E-state index in [-0.39, 0.29) is 18.2 Å². The smallest absolute Gasteiger partial charge is 0.260 e. The zero-order valence-electron chi connectivity index (χ0n) is 16.3. The van der Waals surface area contributed by atoms with Crippen LogP contribution in [0.25, 0.3) is 21.0 Å². The molecule has 0 saturated carbocycles. The minimum Gasteiger partial charge on any atom is -0.469 e. The zero-order valence-corrected chi connectivity index (χ0v) is 18.0. The van der Waals surface area contributed by atoms with Crippen LogP contribution in [0, 0.1) is 6.92 Å². The highest BCUT2D eigenvalue weighted by molar-refractivity contribution is 7.22. The van der Waals surface area contributed by atoms with Crippen LogP contribution in [0.5, 0.6) is 0 Å². The van der Waals surface area contributed by atoms with Gasteiger partial charge in [-0.15, -0.1) is 11.3 Å². The van der Waals surface area contributed by atoms with E-state index in [4.69, 9.17) is 4.42 Å². The summed E-state index contributed by atoms with van der Waals surface area (Å²) in [6.07, 6.45) is 1.56. The molecule has 0 bridgehead atoms. The molecule has 154 valence electrons. The van der Waals surface area contributed by atoms with Crippen molar-refractivity contribution in [2.24, 2.45) is 0 Å². The van der Waals surface area contributed by atoms with Gasteiger partial charge in [-0.25, -0.2) is 9.97 Å². The Hall–Kier alpha value is -3.56. The second-order valence-electron chi connectivity index (χ2n) is 6.87. The Bertz CT molecular complexity index is 1430. The van der Waals surface area contributed by atoms with Crippen molar-refractivity contribution in [1.29, 1.82) is 0 Å². The molecule has 7 nitrogen and oxygen atoms in total. The molecule has 0 aliphatic heterocycles. The summed E-state index contributed by atoms with van der Waals surface area (Å²) in [5.41, 5.74) is 1.91. The topological polar surface area (TPSA) is 97.1 Å². The molecular formula is C22H16N4O3S2. The van der Waals surface area contributed by atoms with Gasteiger partial charge >= 0.3 is 0 Å². The number of carbonyl (C=O) groups excluding carboxylic acids is 2. The maximum atomic E-state index is 12.5. The summed E-state index contributed by atoms with van der Waals surface area (Å²) in [6, 6.07) is 13.7. The van der Waals surface area contributed by atoms with Crippen LogP contribution in [0.3, 0.4) is 0 Å². The number of thiazole rings is 2. The van der Waals surface area contributed by atoms with Crippen LogP contribution >= 0.6 is 22.7 Å². The molecule has 0 spiro atoms. The van der Waals surface area contributed by atoms with Gasteiger partial charge in [0.05, 0.1) is 34.2 Å². The summed E-state index contributed by atoms with van der Waals surface area (Å²) in [5, 5.41) is 10.5. The van der Waals surface area contributed by atoms with E-state index in [0.29, 0.717) is 27.3 Å². The highest BCUT2D eigenvalue weighted by Gasteiger charge is 2.15. The number of hydrogen-bond donors (Lipinski definition) is 2. The van der Waals surface area contributed by atoms with Crippen LogP contribution in [0.1, 0.15) is 21.8 Å². The van der Waals surface area contributed by atoms with E-state index < -0.39 is 0 Å². The highest BCUT2D eigenvalue weighted by atomic mass is 32.1. The van der Waals surface area contributed by atoms with Gasteiger partial charge in [-0.3, -0.25) is 14.9 Å². The van der Waals surface area contributed by atoms with E-state index >= 15 is 0 Å². The number of furan rings is 1. The molecule has 0 unspecified atom stereocenters. The van der Waals surface area contributed by atoms with E-state index in [1.54, 1.807) is 18.4 Å².